The lowest BCUT2D eigenvalue weighted by molar-refractivity contribution is -0.0378. The molecule has 0 spiro atoms. The van der Waals surface area contributed by atoms with Gasteiger partial charge in [-0.15, -0.1) is 0 Å². The van der Waals surface area contributed by atoms with Crippen LogP contribution in [0.15, 0.2) is 23.3 Å². The van der Waals surface area contributed by atoms with Gasteiger partial charge in [-0.1, -0.05) is 37.1 Å². The van der Waals surface area contributed by atoms with E-state index in [4.69, 9.17) is 0 Å². The van der Waals surface area contributed by atoms with E-state index in [2.05, 4.69) is 26.0 Å². The van der Waals surface area contributed by atoms with Gasteiger partial charge in [0, 0.05) is 5.41 Å². The lowest BCUT2D eigenvalue weighted by atomic mass is 9.51. The number of hydrogen-bond acceptors (Lipinski definition) is 3. The summed E-state index contributed by atoms with van der Waals surface area (Å²) < 4.78 is 0. The molecule has 0 amide bonds. The van der Waals surface area contributed by atoms with Crippen LogP contribution in [0.2, 0.25) is 0 Å². The summed E-state index contributed by atoms with van der Waals surface area (Å²) >= 11 is 0. The molecule has 3 N–H and O–H groups in total. The normalized spacial score (nSPS) is 54.0. The molecule has 4 aliphatic carbocycles. The van der Waals surface area contributed by atoms with Crippen molar-refractivity contribution in [3.05, 3.63) is 23.3 Å². The molecule has 3 heteroatoms. The first kappa shape index (κ1) is 14.9. The van der Waals surface area contributed by atoms with Crippen LogP contribution in [0.4, 0.5) is 0 Å². The second-order valence-corrected chi connectivity index (χ2v) is 8.57. The molecule has 0 aromatic rings. The second kappa shape index (κ2) is 4.68. The van der Waals surface area contributed by atoms with Crippen molar-refractivity contribution in [3.8, 4) is 0 Å². The predicted molar refractivity (Wildman–Crippen MR) is 85.1 cm³/mol. The number of fused-ring (bicyclic) bond motifs is 5. The molecule has 7 atom stereocenters. The molecule has 0 aromatic heterocycles. The maximum absolute atomic E-state index is 10.4. The summed E-state index contributed by atoms with van der Waals surface area (Å²) in [4.78, 5) is 0. The molecule has 122 valence electrons. The van der Waals surface area contributed by atoms with Gasteiger partial charge < -0.3 is 15.3 Å². The van der Waals surface area contributed by atoms with Gasteiger partial charge in [0.15, 0.2) is 0 Å². The summed E-state index contributed by atoms with van der Waals surface area (Å²) in [5.41, 5.74) is 2.86. The summed E-state index contributed by atoms with van der Waals surface area (Å²) in [5.74, 6) is 0.827. The molecular weight excluding hydrogens is 276 g/mol. The average molecular weight is 304 g/mol. The zero-order chi connectivity index (χ0) is 15.7. The summed E-state index contributed by atoms with van der Waals surface area (Å²) in [6, 6.07) is 0. The minimum Gasteiger partial charge on any atom is -0.393 e. The molecule has 3 saturated carbocycles. The summed E-state index contributed by atoms with van der Waals surface area (Å²) in [7, 11) is 0. The van der Waals surface area contributed by atoms with Crippen LogP contribution in [0.1, 0.15) is 52.4 Å². The fourth-order valence-corrected chi connectivity index (χ4v) is 5.98. The first-order valence-electron chi connectivity index (χ1n) is 8.81. The number of rotatable bonds is 0. The van der Waals surface area contributed by atoms with Gasteiger partial charge in [0.1, 0.15) is 0 Å². The summed E-state index contributed by atoms with van der Waals surface area (Å²) in [6.07, 6.45) is 8.66. The van der Waals surface area contributed by atoms with Gasteiger partial charge in [-0.25, -0.2) is 0 Å². The number of hydrogen-bond donors (Lipinski definition) is 3. The third-order valence-corrected chi connectivity index (χ3v) is 7.52. The van der Waals surface area contributed by atoms with Gasteiger partial charge in [0.25, 0.3) is 0 Å². The highest BCUT2D eigenvalue weighted by Crippen LogP contribution is 2.63. The van der Waals surface area contributed by atoms with Crippen LogP contribution in [-0.4, -0.2) is 33.6 Å². The Hall–Kier alpha value is -0.640. The molecule has 22 heavy (non-hydrogen) atoms. The highest BCUT2D eigenvalue weighted by atomic mass is 16.3. The zero-order valence-corrected chi connectivity index (χ0v) is 13.6. The Bertz CT molecular complexity index is 551. The SMILES string of the molecule is C[C@]12CCC(O)CC1=CC=C1[C@@H]2CC[C@@]2(C)C(O)[C@H](O)C[C@@H]12. The minimum absolute atomic E-state index is 0.169. The Morgan fingerprint density at radius 1 is 1.00 bits per heavy atom. The van der Waals surface area contributed by atoms with Crippen molar-refractivity contribution in [2.75, 3.05) is 0 Å². The van der Waals surface area contributed by atoms with Crippen LogP contribution in [-0.2, 0) is 0 Å². The summed E-state index contributed by atoms with van der Waals surface area (Å²) in [5, 5.41) is 30.6. The van der Waals surface area contributed by atoms with Crippen molar-refractivity contribution >= 4 is 0 Å². The van der Waals surface area contributed by atoms with Crippen molar-refractivity contribution < 1.29 is 15.3 Å². The number of aliphatic hydroxyl groups excluding tert-OH is 3. The second-order valence-electron chi connectivity index (χ2n) is 8.57. The number of aliphatic hydroxyl groups is 3. The topological polar surface area (TPSA) is 60.7 Å². The molecular formula is C19H28O3. The van der Waals surface area contributed by atoms with Gasteiger partial charge in [0.2, 0.25) is 0 Å². The van der Waals surface area contributed by atoms with Crippen LogP contribution < -0.4 is 0 Å². The minimum atomic E-state index is -0.592. The molecule has 0 saturated heterocycles. The Morgan fingerprint density at radius 3 is 2.55 bits per heavy atom. The Kier molecular flexibility index (Phi) is 3.18. The van der Waals surface area contributed by atoms with Gasteiger partial charge >= 0.3 is 0 Å². The fraction of sp³-hybridized carbons (Fsp3) is 0.789. The van der Waals surface area contributed by atoms with Crippen LogP contribution in [0.3, 0.4) is 0 Å². The highest BCUT2D eigenvalue weighted by molar-refractivity contribution is 5.39. The fourth-order valence-electron chi connectivity index (χ4n) is 5.98. The van der Waals surface area contributed by atoms with E-state index in [1.165, 1.54) is 11.1 Å². The van der Waals surface area contributed by atoms with Gasteiger partial charge in [-0.3, -0.25) is 0 Å². The van der Waals surface area contributed by atoms with E-state index >= 15 is 0 Å². The monoisotopic (exact) mass is 304 g/mol. The molecule has 0 aromatic carbocycles. The molecule has 0 radical (unpaired) electrons. The van der Waals surface area contributed by atoms with Gasteiger partial charge in [-0.05, 0) is 55.8 Å². The van der Waals surface area contributed by atoms with Crippen LogP contribution in [0, 0.1) is 22.7 Å². The molecule has 4 rings (SSSR count). The first-order valence-corrected chi connectivity index (χ1v) is 8.81. The van der Waals surface area contributed by atoms with Crippen molar-refractivity contribution in [2.45, 2.75) is 70.7 Å². The Morgan fingerprint density at radius 2 is 1.77 bits per heavy atom. The Balaban J connectivity index is 1.74. The van der Waals surface area contributed by atoms with Crippen molar-refractivity contribution in [1.29, 1.82) is 0 Å². The lowest BCUT2D eigenvalue weighted by Crippen LogP contribution is -2.47. The van der Waals surface area contributed by atoms with Gasteiger partial charge in [0.05, 0.1) is 18.3 Å². The smallest absolute Gasteiger partial charge is 0.0858 e. The molecule has 4 aliphatic rings. The van der Waals surface area contributed by atoms with Crippen molar-refractivity contribution in [1.82, 2.24) is 0 Å². The third kappa shape index (κ3) is 1.79. The van der Waals surface area contributed by atoms with Crippen molar-refractivity contribution in [3.63, 3.8) is 0 Å². The molecule has 0 bridgehead atoms. The highest BCUT2D eigenvalue weighted by Gasteiger charge is 2.58. The van der Waals surface area contributed by atoms with Crippen LogP contribution >= 0.6 is 0 Å². The summed E-state index contributed by atoms with van der Waals surface area (Å²) in [6.45, 7) is 4.52. The van der Waals surface area contributed by atoms with Crippen molar-refractivity contribution in [2.24, 2.45) is 22.7 Å². The molecule has 0 heterocycles. The molecule has 0 aliphatic heterocycles. The largest absolute Gasteiger partial charge is 0.393 e. The Labute approximate surface area is 132 Å². The van der Waals surface area contributed by atoms with Crippen LogP contribution in [0.5, 0.6) is 0 Å². The van der Waals surface area contributed by atoms with E-state index in [1.54, 1.807) is 0 Å². The molecule has 2 unspecified atom stereocenters. The van der Waals surface area contributed by atoms with E-state index in [1.807, 2.05) is 0 Å². The standard InChI is InChI=1S/C19H28O3/c1-18-7-5-12(20)9-11(18)3-4-13-14(18)6-8-19(2)15(13)10-16(21)17(19)22/h3-4,12,14-17,20-22H,5-10H2,1-2H3/t12?,14-,15-,16+,17?,18-,19+/m0/s1. The van der Waals surface area contributed by atoms with E-state index < -0.39 is 12.2 Å². The molecule has 3 fully saturated rings. The predicted octanol–water partition coefficient (Wildman–Crippen LogP) is 2.56. The van der Waals surface area contributed by atoms with E-state index in [9.17, 15) is 15.3 Å². The van der Waals surface area contributed by atoms with E-state index in [-0.39, 0.29) is 16.9 Å². The quantitative estimate of drug-likeness (QED) is 0.644. The van der Waals surface area contributed by atoms with Gasteiger partial charge in [-0.2, -0.15) is 0 Å². The third-order valence-electron chi connectivity index (χ3n) is 7.52. The first-order chi connectivity index (χ1) is 10.4. The lowest BCUT2D eigenvalue weighted by Gasteiger charge is -2.54. The maximum Gasteiger partial charge on any atom is 0.0858 e. The molecule has 3 nitrogen and oxygen atoms in total. The van der Waals surface area contributed by atoms with Crippen LogP contribution in [0.25, 0.3) is 0 Å². The average Bonchev–Trinajstić information content (AvgIpc) is 2.72. The van der Waals surface area contributed by atoms with E-state index in [0.29, 0.717) is 18.3 Å². The zero-order valence-electron chi connectivity index (χ0n) is 13.6. The maximum atomic E-state index is 10.4. The number of allylic oxidation sites excluding steroid dienone is 3. The van der Waals surface area contributed by atoms with E-state index in [0.717, 1.165) is 32.1 Å².